The highest BCUT2D eigenvalue weighted by atomic mass is 79.9. The number of hydrogen-bond donors (Lipinski definition) is 1. The smallest absolute Gasteiger partial charge is 0.289 e. The Kier molecular flexibility index (Phi) is 5.39. The predicted octanol–water partition coefficient (Wildman–Crippen LogP) is 4.38. The van der Waals surface area contributed by atoms with Crippen molar-refractivity contribution in [3.05, 3.63) is 51.5 Å². The number of nitrogens with one attached hydrogen (secondary N) is 1. The Hall–Kier alpha value is -2.17. The molecule has 28 heavy (non-hydrogen) atoms. The van der Waals surface area contributed by atoms with Gasteiger partial charge >= 0.3 is 0 Å². The van der Waals surface area contributed by atoms with Crippen molar-refractivity contribution in [2.45, 2.75) is 39.8 Å². The van der Waals surface area contributed by atoms with Crippen molar-refractivity contribution >= 4 is 33.4 Å². The zero-order chi connectivity index (χ0) is 20.7. The average molecular weight is 464 g/mol. The molecule has 0 unspecified atom stereocenters. The lowest BCUT2D eigenvalue weighted by atomic mass is 9.49. The summed E-state index contributed by atoms with van der Waals surface area (Å²) in [4.78, 5) is 20.7. The lowest BCUT2D eigenvalue weighted by Gasteiger charge is -2.63. The highest BCUT2D eigenvalue weighted by Crippen LogP contribution is 2.55. The van der Waals surface area contributed by atoms with Crippen molar-refractivity contribution in [1.82, 2.24) is 15.3 Å². The fourth-order valence-corrected chi connectivity index (χ4v) is 4.64. The molecule has 1 heterocycles. The van der Waals surface area contributed by atoms with Gasteiger partial charge in [-0.15, -0.1) is 0 Å². The van der Waals surface area contributed by atoms with Crippen LogP contribution in [0.15, 0.2) is 35.1 Å². The van der Waals surface area contributed by atoms with E-state index < -0.39 is 0 Å². The molecule has 0 bridgehead atoms. The van der Waals surface area contributed by atoms with Crippen LogP contribution in [-0.2, 0) is 0 Å². The molecule has 6 nitrogen and oxygen atoms in total. The Balaban J connectivity index is 1.76. The van der Waals surface area contributed by atoms with Crippen molar-refractivity contribution in [1.29, 1.82) is 5.26 Å². The predicted molar refractivity (Wildman–Crippen MR) is 109 cm³/mol. The summed E-state index contributed by atoms with van der Waals surface area (Å²) in [6.07, 6.45) is 2.92. The molecule has 0 saturated heterocycles. The summed E-state index contributed by atoms with van der Waals surface area (Å²) in [6, 6.07) is 6.91. The third-order valence-corrected chi connectivity index (χ3v) is 5.98. The highest BCUT2D eigenvalue weighted by Gasteiger charge is 2.64. The van der Waals surface area contributed by atoms with E-state index in [1.807, 2.05) is 33.8 Å². The SMILES string of the molecule is CC1(C)[C@H](NC(=O)c2ncc(Br)cn2)C(C)(C)[C@H]1Oc1ccc(C#N)c(Cl)c1. The first-order chi connectivity index (χ1) is 13.1. The van der Waals surface area contributed by atoms with Crippen LogP contribution in [0.1, 0.15) is 43.9 Å². The molecule has 8 heteroatoms. The fourth-order valence-electron chi connectivity index (χ4n) is 4.22. The van der Waals surface area contributed by atoms with Crippen molar-refractivity contribution < 1.29 is 9.53 Å². The van der Waals surface area contributed by atoms with Crippen LogP contribution in [0.2, 0.25) is 5.02 Å². The summed E-state index contributed by atoms with van der Waals surface area (Å²) in [5.41, 5.74) is -0.273. The minimum atomic E-state index is -0.338. The lowest BCUT2D eigenvalue weighted by molar-refractivity contribution is -0.164. The van der Waals surface area contributed by atoms with E-state index in [1.54, 1.807) is 30.6 Å². The Morgan fingerprint density at radius 1 is 1.25 bits per heavy atom. The summed E-state index contributed by atoms with van der Waals surface area (Å²) in [6.45, 7) is 8.17. The van der Waals surface area contributed by atoms with E-state index >= 15 is 0 Å². The Morgan fingerprint density at radius 2 is 1.86 bits per heavy atom. The van der Waals surface area contributed by atoms with E-state index in [2.05, 4.69) is 31.2 Å². The number of nitriles is 1. The maximum atomic E-state index is 12.6. The Bertz CT molecular complexity index is 938. The third-order valence-electron chi connectivity index (χ3n) is 5.25. The average Bonchev–Trinajstić information content (AvgIpc) is 2.64. The first-order valence-electron chi connectivity index (χ1n) is 8.72. The van der Waals surface area contributed by atoms with Crippen LogP contribution >= 0.6 is 27.5 Å². The summed E-state index contributed by atoms with van der Waals surface area (Å²) in [5, 5.41) is 12.4. The van der Waals surface area contributed by atoms with Crippen molar-refractivity contribution in [2.75, 3.05) is 0 Å². The van der Waals surface area contributed by atoms with Gasteiger partial charge in [0.1, 0.15) is 17.9 Å². The monoisotopic (exact) mass is 462 g/mol. The molecule has 2 aromatic rings. The van der Waals surface area contributed by atoms with Gasteiger partial charge in [-0.2, -0.15) is 5.26 Å². The molecule has 1 aliphatic carbocycles. The molecule has 0 radical (unpaired) electrons. The minimum absolute atomic E-state index is 0.123. The zero-order valence-electron chi connectivity index (χ0n) is 16.0. The summed E-state index contributed by atoms with van der Waals surface area (Å²) in [5.74, 6) is 0.396. The molecule has 1 N–H and O–H groups in total. The highest BCUT2D eigenvalue weighted by molar-refractivity contribution is 9.10. The van der Waals surface area contributed by atoms with Crippen LogP contribution in [0.4, 0.5) is 0 Å². The van der Waals surface area contributed by atoms with Crippen LogP contribution in [0.3, 0.4) is 0 Å². The summed E-state index contributed by atoms with van der Waals surface area (Å²) < 4.78 is 6.92. The number of hydrogen-bond acceptors (Lipinski definition) is 5. The molecule has 1 fully saturated rings. The van der Waals surface area contributed by atoms with E-state index in [0.29, 0.717) is 20.8 Å². The molecule has 1 aromatic carbocycles. The van der Waals surface area contributed by atoms with Gasteiger partial charge < -0.3 is 10.1 Å². The molecule has 0 aliphatic heterocycles. The number of nitrogens with zero attached hydrogens (tertiary/aromatic N) is 3. The number of benzene rings is 1. The second kappa shape index (κ2) is 7.34. The standard InChI is InChI=1S/C20H20BrClN4O2/c1-19(2)17(26-16(27)15-24-9-12(21)10-25-15)20(3,4)18(19)28-13-6-5-11(8-23)14(22)7-13/h5-7,9-10,17-18H,1-4H3,(H,26,27)/t17-,18-. The van der Waals surface area contributed by atoms with Crippen LogP contribution in [0.25, 0.3) is 0 Å². The molecular formula is C20H20BrClN4O2. The first kappa shape index (κ1) is 20.6. The van der Waals surface area contributed by atoms with Gasteiger partial charge in [0.2, 0.25) is 5.82 Å². The molecule has 0 spiro atoms. The van der Waals surface area contributed by atoms with E-state index in [1.165, 1.54) is 0 Å². The van der Waals surface area contributed by atoms with Gasteiger partial charge in [-0.25, -0.2) is 9.97 Å². The van der Waals surface area contributed by atoms with Gasteiger partial charge in [-0.05, 0) is 28.1 Å². The topological polar surface area (TPSA) is 87.9 Å². The van der Waals surface area contributed by atoms with Crippen molar-refractivity contribution in [3.8, 4) is 11.8 Å². The normalized spacial score (nSPS) is 21.9. The van der Waals surface area contributed by atoms with Crippen LogP contribution in [-0.4, -0.2) is 28.0 Å². The van der Waals surface area contributed by atoms with E-state index in [9.17, 15) is 4.79 Å². The number of ether oxygens (including phenoxy) is 1. The first-order valence-corrected chi connectivity index (χ1v) is 9.89. The van der Waals surface area contributed by atoms with E-state index in [-0.39, 0.29) is 34.7 Å². The number of halogens is 2. The minimum Gasteiger partial charge on any atom is -0.489 e. The second-order valence-electron chi connectivity index (χ2n) is 8.03. The van der Waals surface area contributed by atoms with Gasteiger partial charge in [0.05, 0.1) is 15.1 Å². The van der Waals surface area contributed by atoms with Crippen LogP contribution in [0.5, 0.6) is 5.75 Å². The Labute approximate surface area is 177 Å². The quantitative estimate of drug-likeness (QED) is 0.727. The summed E-state index contributed by atoms with van der Waals surface area (Å²) >= 11 is 9.38. The molecule has 0 atom stereocenters. The molecular weight excluding hydrogens is 444 g/mol. The molecule has 1 saturated carbocycles. The van der Waals surface area contributed by atoms with E-state index in [4.69, 9.17) is 21.6 Å². The number of aromatic nitrogens is 2. The Morgan fingerprint density at radius 3 is 2.39 bits per heavy atom. The molecule has 1 amide bonds. The largest absolute Gasteiger partial charge is 0.489 e. The third kappa shape index (κ3) is 3.59. The van der Waals surface area contributed by atoms with Crippen molar-refractivity contribution in [2.24, 2.45) is 10.8 Å². The van der Waals surface area contributed by atoms with Gasteiger partial charge in [-0.1, -0.05) is 39.3 Å². The van der Waals surface area contributed by atoms with Crippen molar-refractivity contribution in [3.63, 3.8) is 0 Å². The number of amides is 1. The van der Waals surface area contributed by atoms with Gasteiger partial charge in [0.15, 0.2) is 0 Å². The van der Waals surface area contributed by atoms with Gasteiger partial charge in [-0.3, -0.25) is 4.79 Å². The molecule has 146 valence electrons. The second-order valence-corrected chi connectivity index (χ2v) is 9.35. The summed E-state index contributed by atoms with van der Waals surface area (Å²) in [7, 11) is 0. The lowest BCUT2D eigenvalue weighted by Crippen LogP contribution is -2.74. The maximum Gasteiger partial charge on any atom is 0.289 e. The van der Waals surface area contributed by atoms with Crippen LogP contribution in [0, 0.1) is 22.2 Å². The fraction of sp³-hybridized carbons (Fsp3) is 0.400. The molecule has 1 aromatic heterocycles. The van der Waals surface area contributed by atoms with Gasteiger partial charge in [0.25, 0.3) is 5.91 Å². The zero-order valence-corrected chi connectivity index (χ0v) is 18.3. The molecule has 1 aliphatic rings. The van der Waals surface area contributed by atoms with E-state index in [0.717, 1.165) is 0 Å². The number of carbonyl (C=O) groups excluding carboxylic acids is 1. The maximum absolute atomic E-state index is 12.6. The number of carbonyl (C=O) groups is 1. The van der Waals surface area contributed by atoms with Crippen LogP contribution < -0.4 is 10.1 Å². The van der Waals surface area contributed by atoms with Gasteiger partial charge in [0, 0.05) is 35.3 Å². The number of rotatable bonds is 4. The molecule has 3 rings (SSSR count).